The highest BCUT2D eigenvalue weighted by molar-refractivity contribution is 7.92. The summed E-state index contributed by atoms with van der Waals surface area (Å²) in [6.45, 7) is 9.16. The maximum atomic E-state index is 14.1. The van der Waals surface area contributed by atoms with Gasteiger partial charge in [0.25, 0.3) is 0 Å². The summed E-state index contributed by atoms with van der Waals surface area (Å²) in [5.41, 5.74) is 3.39. The molecule has 3 rings (SSSR count). The molecule has 0 aromatic heterocycles. The van der Waals surface area contributed by atoms with Gasteiger partial charge in [-0.3, -0.25) is 13.9 Å². The molecule has 39 heavy (non-hydrogen) atoms. The zero-order valence-corrected chi connectivity index (χ0v) is 24.5. The Kier molecular flexibility index (Phi) is 9.56. The van der Waals surface area contributed by atoms with Crippen LogP contribution in [0.4, 0.5) is 5.69 Å². The number of benzene rings is 3. The summed E-state index contributed by atoms with van der Waals surface area (Å²) in [5.74, 6) is -0.757. The average molecular weight is 550 g/mol. The molecule has 1 N–H and O–H groups in total. The third kappa shape index (κ3) is 8.42. The molecule has 0 bridgehead atoms. The van der Waals surface area contributed by atoms with E-state index in [9.17, 15) is 18.0 Å². The van der Waals surface area contributed by atoms with Crippen LogP contribution in [0.25, 0.3) is 0 Å². The zero-order chi connectivity index (χ0) is 28.8. The van der Waals surface area contributed by atoms with Gasteiger partial charge in [-0.1, -0.05) is 72.8 Å². The van der Waals surface area contributed by atoms with Crippen LogP contribution >= 0.6 is 0 Å². The van der Waals surface area contributed by atoms with Gasteiger partial charge in [0.1, 0.15) is 12.6 Å². The van der Waals surface area contributed by atoms with E-state index >= 15 is 0 Å². The number of rotatable bonds is 10. The topological polar surface area (TPSA) is 86.8 Å². The first kappa shape index (κ1) is 29.9. The molecule has 8 heteroatoms. The normalized spacial score (nSPS) is 12.5. The molecule has 0 heterocycles. The summed E-state index contributed by atoms with van der Waals surface area (Å²) >= 11 is 0. The lowest BCUT2D eigenvalue weighted by atomic mass is 10.00. The minimum Gasteiger partial charge on any atom is -0.350 e. The van der Waals surface area contributed by atoms with E-state index in [0.29, 0.717) is 5.69 Å². The smallest absolute Gasteiger partial charge is 0.244 e. The molecule has 3 aromatic rings. The summed E-state index contributed by atoms with van der Waals surface area (Å²) in [6.07, 6.45) is 1.37. The van der Waals surface area contributed by atoms with Gasteiger partial charge in [-0.2, -0.15) is 0 Å². The van der Waals surface area contributed by atoms with Crippen LogP contribution in [-0.2, 0) is 32.6 Å². The Morgan fingerprint density at radius 1 is 0.846 bits per heavy atom. The lowest BCUT2D eigenvalue weighted by Crippen LogP contribution is -2.56. The van der Waals surface area contributed by atoms with Crippen molar-refractivity contribution in [2.24, 2.45) is 0 Å². The Morgan fingerprint density at radius 2 is 1.41 bits per heavy atom. The molecular weight excluding hydrogens is 510 g/mol. The third-order valence-electron chi connectivity index (χ3n) is 6.43. The predicted octanol–water partition coefficient (Wildman–Crippen LogP) is 4.62. The van der Waals surface area contributed by atoms with Crippen molar-refractivity contribution < 1.29 is 18.0 Å². The highest BCUT2D eigenvalue weighted by Crippen LogP contribution is 2.24. The van der Waals surface area contributed by atoms with Gasteiger partial charge in [0.15, 0.2) is 0 Å². The molecule has 3 aromatic carbocycles. The highest BCUT2D eigenvalue weighted by atomic mass is 32.2. The Morgan fingerprint density at radius 3 is 1.97 bits per heavy atom. The molecule has 0 radical (unpaired) electrons. The number of carbonyl (C=O) groups excluding carboxylic acids is 2. The van der Waals surface area contributed by atoms with Crippen LogP contribution in [0.5, 0.6) is 0 Å². The van der Waals surface area contributed by atoms with E-state index in [-0.39, 0.29) is 18.9 Å². The Balaban J connectivity index is 2.10. The molecule has 0 saturated carbocycles. The monoisotopic (exact) mass is 549 g/mol. The minimum absolute atomic E-state index is 0.159. The lowest BCUT2D eigenvalue weighted by molar-refractivity contribution is -0.140. The van der Waals surface area contributed by atoms with Gasteiger partial charge in [-0.25, -0.2) is 8.42 Å². The molecule has 0 unspecified atom stereocenters. The molecule has 0 aliphatic rings. The second kappa shape index (κ2) is 12.5. The van der Waals surface area contributed by atoms with Crippen LogP contribution in [0, 0.1) is 13.8 Å². The summed E-state index contributed by atoms with van der Waals surface area (Å²) < 4.78 is 26.9. The van der Waals surface area contributed by atoms with E-state index in [2.05, 4.69) is 5.32 Å². The largest absolute Gasteiger partial charge is 0.350 e. The molecular formula is C31H39N3O4S. The number of anilines is 1. The molecule has 208 valence electrons. The maximum absolute atomic E-state index is 14.1. The van der Waals surface area contributed by atoms with Crippen molar-refractivity contribution in [3.05, 3.63) is 101 Å². The minimum atomic E-state index is -3.80. The van der Waals surface area contributed by atoms with E-state index in [1.54, 1.807) is 25.1 Å². The van der Waals surface area contributed by atoms with Crippen molar-refractivity contribution in [2.75, 3.05) is 17.1 Å². The van der Waals surface area contributed by atoms with Gasteiger partial charge in [-0.15, -0.1) is 0 Å². The average Bonchev–Trinajstić information content (AvgIpc) is 2.85. The number of aryl methyl sites for hydroxylation is 2. The predicted molar refractivity (Wildman–Crippen MR) is 157 cm³/mol. The van der Waals surface area contributed by atoms with E-state index in [4.69, 9.17) is 0 Å². The van der Waals surface area contributed by atoms with Gasteiger partial charge in [-0.05, 0) is 62.9 Å². The number of sulfonamides is 1. The van der Waals surface area contributed by atoms with Crippen LogP contribution < -0.4 is 9.62 Å². The first-order valence-corrected chi connectivity index (χ1v) is 14.8. The Labute approximate surface area is 232 Å². The first-order chi connectivity index (χ1) is 18.3. The number of nitrogens with zero attached hydrogens (tertiary/aromatic N) is 2. The number of hydrogen-bond acceptors (Lipinski definition) is 4. The van der Waals surface area contributed by atoms with E-state index in [0.717, 1.165) is 32.8 Å². The third-order valence-corrected chi connectivity index (χ3v) is 7.56. The fourth-order valence-corrected chi connectivity index (χ4v) is 5.32. The number of hydrogen-bond donors (Lipinski definition) is 1. The molecule has 0 aliphatic carbocycles. The van der Waals surface area contributed by atoms with Crippen molar-refractivity contribution in [1.82, 2.24) is 10.2 Å². The molecule has 0 aliphatic heterocycles. The Bertz CT molecular complexity index is 1400. The van der Waals surface area contributed by atoms with Gasteiger partial charge >= 0.3 is 0 Å². The van der Waals surface area contributed by atoms with Gasteiger partial charge in [0.2, 0.25) is 21.8 Å². The SMILES string of the molecule is Cc1ccccc1CN(C(=O)CN(c1ccccc1C)S(C)(=O)=O)[C@@H](Cc1ccccc1)C(=O)NC(C)(C)C. The van der Waals surface area contributed by atoms with Gasteiger partial charge in [0, 0.05) is 18.5 Å². The first-order valence-electron chi connectivity index (χ1n) is 13.0. The van der Waals surface area contributed by atoms with Crippen molar-refractivity contribution in [2.45, 2.75) is 59.2 Å². The zero-order valence-electron chi connectivity index (χ0n) is 23.6. The lowest BCUT2D eigenvalue weighted by Gasteiger charge is -2.35. The number of carbonyl (C=O) groups is 2. The molecule has 0 spiro atoms. The van der Waals surface area contributed by atoms with E-state index in [1.165, 1.54) is 4.90 Å². The van der Waals surface area contributed by atoms with Crippen LogP contribution in [0.1, 0.15) is 43.0 Å². The summed E-state index contributed by atoms with van der Waals surface area (Å²) in [6, 6.07) is 23.4. The summed E-state index contributed by atoms with van der Waals surface area (Å²) in [5, 5.41) is 3.03. The van der Waals surface area contributed by atoms with Crippen molar-refractivity contribution in [1.29, 1.82) is 0 Å². The molecule has 7 nitrogen and oxygen atoms in total. The maximum Gasteiger partial charge on any atom is 0.244 e. The fourth-order valence-electron chi connectivity index (χ4n) is 4.42. The molecule has 0 saturated heterocycles. The molecule has 2 amide bonds. The summed E-state index contributed by atoms with van der Waals surface area (Å²) in [7, 11) is -3.80. The highest BCUT2D eigenvalue weighted by Gasteiger charge is 2.34. The van der Waals surface area contributed by atoms with Crippen LogP contribution in [-0.4, -0.2) is 49.5 Å². The second-order valence-electron chi connectivity index (χ2n) is 10.9. The van der Waals surface area contributed by atoms with Crippen LogP contribution in [0.2, 0.25) is 0 Å². The molecule has 0 fully saturated rings. The van der Waals surface area contributed by atoms with Crippen molar-refractivity contribution in [3.8, 4) is 0 Å². The van der Waals surface area contributed by atoms with Crippen molar-refractivity contribution in [3.63, 3.8) is 0 Å². The summed E-state index contributed by atoms with van der Waals surface area (Å²) in [4.78, 5) is 29.4. The van der Waals surface area contributed by atoms with Crippen molar-refractivity contribution >= 4 is 27.5 Å². The van der Waals surface area contributed by atoms with Crippen LogP contribution in [0.3, 0.4) is 0 Å². The van der Waals surface area contributed by atoms with E-state index in [1.807, 2.05) is 88.4 Å². The standard InChI is InChI=1S/C31H39N3O4S/c1-23-14-10-12-18-26(23)21-33(28(30(36)32-31(3,4)5)20-25-16-8-7-9-17-25)29(35)22-34(39(6,37)38)27-19-13-11-15-24(27)2/h7-19,28H,20-22H2,1-6H3,(H,32,36)/t28-/m0/s1. The van der Waals surface area contributed by atoms with Crippen LogP contribution in [0.15, 0.2) is 78.9 Å². The second-order valence-corrected chi connectivity index (χ2v) is 12.9. The van der Waals surface area contributed by atoms with Gasteiger partial charge < -0.3 is 10.2 Å². The number of para-hydroxylation sites is 1. The van der Waals surface area contributed by atoms with Gasteiger partial charge in [0.05, 0.1) is 11.9 Å². The fraction of sp³-hybridized carbons (Fsp3) is 0.355. The van der Waals surface area contributed by atoms with E-state index < -0.39 is 34.1 Å². The number of amides is 2. The number of nitrogens with one attached hydrogen (secondary N) is 1. The molecule has 1 atom stereocenters. The quantitative estimate of drug-likeness (QED) is 0.400. The Hall–Kier alpha value is -3.65.